The van der Waals surface area contributed by atoms with Crippen molar-refractivity contribution in [3.63, 3.8) is 0 Å². The fraction of sp³-hybridized carbons (Fsp3) is 0.459. The summed E-state index contributed by atoms with van der Waals surface area (Å²) in [7, 11) is 0. The van der Waals surface area contributed by atoms with Gasteiger partial charge in [0.25, 0.3) is 0 Å². The standard InChI is InChI=1S/C29H35ClO10.2C21H25ClO6.C2H6O.CH4.2H2O/c1-6-35-25-10-7-22(8-11-25)13-24-14-23(9-12-26(24)30)15-38-27(16-36-18(2)31)29(40-21(5)34)28(39-20(4)33)17-37-19(3)32;2*1-2-27-15-6-3-12(4-7-15)9-14-10-13(5-8-16(14)22)21-20(26)19(25)18(24)17(11-23)28-21;1-2-3;;;/h7-12,14,27-29H,6,13,15-17H2,1-5H3;2*3-8,10,17-21,23-26H,2,9,11H2,1H3;3H,2H2,1H3;1H4;2*1H2/t27-,28-,29-;2*17-,18-,19+,20-,21+;;;;/m111..../s1. The molecule has 0 radical (unpaired) electrons. The minimum atomic E-state index is -1.42. The van der Waals surface area contributed by atoms with Crippen LogP contribution in [0.5, 0.6) is 17.2 Å². The van der Waals surface area contributed by atoms with Gasteiger partial charge in [0.05, 0.1) is 39.6 Å². The summed E-state index contributed by atoms with van der Waals surface area (Å²) in [6, 6.07) is 39.0. The number of rotatable bonds is 27. The van der Waals surface area contributed by atoms with E-state index in [1.54, 1.807) is 43.3 Å². The SMILES string of the molecule is C.CCO.CCOc1ccc(Cc2cc(CO[C@H](COC(C)=O)[C@@H](OC(C)=O)[C@@H](COC(C)=O)OC(C)=O)ccc2Cl)cc1.CCOc1ccc(Cc2cc([C@@H]3O[C@H](CO)[C@@H](O)[C@H](O)[C@H]3O)ccc2Cl)cc1.CCOc1ccc(Cc2cc([C@@H]3O[C@H](CO)[C@@H](O)[C@H](O)[C@H]3O)ccc2Cl)cc1.O.O. The second-order valence-electron chi connectivity index (χ2n) is 22.9. The summed E-state index contributed by atoms with van der Waals surface area (Å²) in [5, 5.41) is 88.7. The van der Waals surface area contributed by atoms with E-state index in [4.69, 9.17) is 87.3 Å². The normalized spacial score (nSPS) is 20.4. The molecule has 2 aliphatic heterocycles. The molecule has 0 aliphatic carbocycles. The molecule has 6 aromatic rings. The quantitative estimate of drug-likeness (QED) is 0.0187. The summed E-state index contributed by atoms with van der Waals surface area (Å²) in [5.74, 6) is -0.246. The Hall–Kier alpha value is -7.09. The highest BCUT2D eigenvalue weighted by atomic mass is 35.5. The molecule has 2 aliphatic rings. The third kappa shape index (κ3) is 28.5. The molecule has 13 atom stereocenters. The van der Waals surface area contributed by atoms with Crippen LogP contribution < -0.4 is 14.2 Å². The summed E-state index contributed by atoms with van der Waals surface area (Å²) in [6.07, 6.45) is -13.8. The first kappa shape index (κ1) is 91.0. The van der Waals surface area contributed by atoms with Gasteiger partial charge in [-0.3, -0.25) is 19.2 Å². The van der Waals surface area contributed by atoms with Crippen molar-refractivity contribution in [1.82, 2.24) is 0 Å². The van der Waals surface area contributed by atoms with Crippen LogP contribution in [0.15, 0.2) is 127 Å². The molecule has 13 N–H and O–H groups in total. The van der Waals surface area contributed by atoms with Crippen LogP contribution in [-0.4, -0.2) is 201 Å². The van der Waals surface area contributed by atoms with E-state index in [1.807, 2.05) is 112 Å². The molecule has 2 fully saturated rings. The number of hydrogen-bond acceptors (Lipinski definition) is 23. The van der Waals surface area contributed by atoms with Crippen LogP contribution in [0, 0.1) is 0 Å². The second-order valence-corrected chi connectivity index (χ2v) is 24.1. The minimum absolute atomic E-state index is 0. The molecule has 25 nitrogen and oxygen atoms in total. The lowest BCUT2D eigenvalue weighted by atomic mass is 9.90. The maximum absolute atomic E-state index is 12.0. The fourth-order valence-electron chi connectivity index (χ4n) is 10.5. The number of benzene rings is 6. The highest BCUT2D eigenvalue weighted by molar-refractivity contribution is 6.32. The van der Waals surface area contributed by atoms with Gasteiger partial charge < -0.3 is 104 Å². The monoisotopic (exact) mass is 1490 g/mol. The average molecular weight is 1490 g/mol. The number of aliphatic hydroxyl groups is 9. The first-order chi connectivity index (χ1) is 47.3. The highest BCUT2D eigenvalue weighted by Gasteiger charge is 2.45. The van der Waals surface area contributed by atoms with Gasteiger partial charge in [-0.05, 0) is 152 Å². The number of ether oxygens (including phenoxy) is 10. The minimum Gasteiger partial charge on any atom is -0.494 e. The number of carbonyl (C=O) groups excluding carboxylic acids is 4. The number of esters is 4. The third-order valence-electron chi connectivity index (χ3n) is 15.3. The van der Waals surface area contributed by atoms with Crippen LogP contribution in [0.4, 0.5) is 0 Å². The Kier molecular flexibility index (Phi) is 41.6. The Balaban J connectivity index is 0.000000512. The molecule has 0 saturated carbocycles. The first-order valence-corrected chi connectivity index (χ1v) is 33.4. The van der Waals surface area contributed by atoms with Crippen molar-refractivity contribution >= 4 is 58.7 Å². The lowest BCUT2D eigenvalue weighted by Gasteiger charge is -2.40. The lowest BCUT2D eigenvalue weighted by molar-refractivity contribution is -0.231. The van der Waals surface area contributed by atoms with Crippen molar-refractivity contribution in [2.45, 2.75) is 168 Å². The van der Waals surface area contributed by atoms with Gasteiger partial charge >= 0.3 is 23.9 Å². The zero-order chi connectivity index (χ0) is 72.9. The largest absolute Gasteiger partial charge is 0.494 e. The van der Waals surface area contributed by atoms with Crippen molar-refractivity contribution in [1.29, 1.82) is 0 Å². The van der Waals surface area contributed by atoms with Crippen molar-refractivity contribution in [3.8, 4) is 17.2 Å². The molecule has 0 spiro atoms. The first-order valence-electron chi connectivity index (χ1n) is 32.2. The summed E-state index contributed by atoms with van der Waals surface area (Å²) < 4.78 is 54.6. The van der Waals surface area contributed by atoms with Gasteiger partial charge in [-0.2, -0.15) is 0 Å². The maximum Gasteiger partial charge on any atom is 0.303 e. The number of halogens is 3. The maximum atomic E-state index is 12.0. The van der Waals surface area contributed by atoms with Gasteiger partial charge in [0.15, 0.2) is 12.2 Å². The van der Waals surface area contributed by atoms with Crippen LogP contribution in [-0.2, 0) is 78.2 Å². The smallest absolute Gasteiger partial charge is 0.303 e. The third-order valence-corrected chi connectivity index (χ3v) is 16.4. The van der Waals surface area contributed by atoms with Crippen molar-refractivity contribution in [3.05, 3.63) is 193 Å². The average Bonchev–Trinajstić information content (AvgIpc) is 0.794. The molecule has 2 saturated heterocycles. The Morgan fingerprint density at radius 3 is 1.08 bits per heavy atom. The summed E-state index contributed by atoms with van der Waals surface area (Å²) >= 11 is 19.2. The van der Waals surface area contributed by atoms with Crippen molar-refractivity contribution in [2.75, 3.05) is 52.9 Å². The lowest BCUT2D eigenvalue weighted by Crippen LogP contribution is -2.55. The van der Waals surface area contributed by atoms with Gasteiger partial charge in [0.1, 0.15) is 97.6 Å². The molecule has 0 bridgehead atoms. The van der Waals surface area contributed by atoms with Gasteiger partial charge in [-0.15, -0.1) is 0 Å². The molecule has 0 unspecified atom stereocenters. The zero-order valence-electron chi connectivity index (χ0n) is 57.5. The van der Waals surface area contributed by atoms with E-state index in [-0.39, 0.29) is 38.2 Å². The van der Waals surface area contributed by atoms with Crippen LogP contribution in [0.1, 0.15) is 125 Å². The Morgan fingerprint density at radius 2 is 0.755 bits per heavy atom. The molecule has 6 aromatic carbocycles. The van der Waals surface area contributed by atoms with Gasteiger partial charge in [-0.1, -0.05) is 115 Å². The second kappa shape index (κ2) is 46.6. The highest BCUT2D eigenvalue weighted by Crippen LogP contribution is 2.37. The van der Waals surface area contributed by atoms with Gasteiger partial charge in [0.2, 0.25) is 0 Å². The Labute approximate surface area is 609 Å². The summed E-state index contributed by atoms with van der Waals surface area (Å²) in [6.45, 7) is 12.6. The molecule has 0 amide bonds. The predicted octanol–water partition coefficient (Wildman–Crippen LogP) is 6.88. The molecule has 2 heterocycles. The predicted molar refractivity (Wildman–Crippen MR) is 381 cm³/mol. The number of carbonyl (C=O) groups is 4. The Bertz CT molecular complexity index is 3300. The molecule has 102 heavy (non-hydrogen) atoms. The number of aliphatic hydroxyl groups excluding tert-OH is 9. The van der Waals surface area contributed by atoms with Crippen LogP contribution in [0.3, 0.4) is 0 Å². The van der Waals surface area contributed by atoms with E-state index in [9.17, 15) is 60.0 Å². The molecule has 566 valence electrons. The van der Waals surface area contributed by atoms with E-state index in [2.05, 4.69) is 0 Å². The van der Waals surface area contributed by atoms with Crippen LogP contribution >= 0.6 is 34.8 Å². The zero-order valence-corrected chi connectivity index (χ0v) is 59.8. The summed E-state index contributed by atoms with van der Waals surface area (Å²) in [5.41, 5.74) is 7.59. The van der Waals surface area contributed by atoms with Crippen LogP contribution in [0.25, 0.3) is 0 Å². The molecule has 0 aromatic heterocycles. The molecular formula is C74H99Cl3O25. The topological polar surface area (TPSA) is 406 Å². The van der Waals surface area contributed by atoms with E-state index in [1.165, 1.54) is 20.8 Å². The molecule has 8 rings (SSSR count). The van der Waals surface area contributed by atoms with E-state index in [0.29, 0.717) is 65.3 Å². The van der Waals surface area contributed by atoms with Crippen LogP contribution in [0.2, 0.25) is 15.1 Å². The van der Waals surface area contributed by atoms with E-state index < -0.39 is 123 Å². The number of hydrogen-bond donors (Lipinski definition) is 9. The van der Waals surface area contributed by atoms with Gasteiger partial charge in [0, 0.05) is 49.4 Å². The molecular weight excluding hydrogens is 1400 g/mol. The van der Waals surface area contributed by atoms with E-state index >= 15 is 0 Å². The van der Waals surface area contributed by atoms with E-state index in [0.717, 1.165) is 63.1 Å². The molecule has 28 heteroatoms. The summed E-state index contributed by atoms with van der Waals surface area (Å²) in [4.78, 5) is 46.7. The van der Waals surface area contributed by atoms with Gasteiger partial charge in [-0.25, -0.2) is 0 Å². The van der Waals surface area contributed by atoms with Crippen molar-refractivity contribution in [2.24, 2.45) is 0 Å². The fourth-order valence-corrected chi connectivity index (χ4v) is 11.1. The van der Waals surface area contributed by atoms with Crippen molar-refractivity contribution < 1.29 is 123 Å². The Morgan fingerprint density at radius 1 is 0.431 bits per heavy atom.